The first-order valence-electron chi connectivity index (χ1n) is 15.0. The first-order chi connectivity index (χ1) is 23.2. The molecule has 48 heavy (non-hydrogen) atoms. The summed E-state index contributed by atoms with van der Waals surface area (Å²) in [5, 5.41) is 10.2. The largest absolute Gasteiger partial charge is 0.484 e. The quantitative estimate of drug-likeness (QED) is 0.182. The maximum atomic E-state index is 15.0. The molecule has 1 saturated heterocycles. The van der Waals surface area contributed by atoms with E-state index in [9.17, 15) is 28.0 Å². The molecule has 6 amide bonds. The lowest BCUT2D eigenvalue weighted by Crippen LogP contribution is -2.48. The second kappa shape index (κ2) is 16.0. The number of ether oxygens (including phenoxy) is 2. The average molecular weight is 659 g/mol. The number of amides is 6. The first-order valence-corrected chi connectivity index (χ1v) is 15.0. The number of halogens is 2. The fourth-order valence-corrected chi connectivity index (χ4v) is 4.82. The van der Waals surface area contributed by atoms with Crippen molar-refractivity contribution in [3.05, 3.63) is 108 Å². The van der Waals surface area contributed by atoms with Crippen molar-refractivity contribution < 1.29 is 37.4 Å². The fraction of sp³-hybridized carbons (Fsp3) is 0.206. The van der Waals surface area contributed by atoms with Crippen molar-refractivity contribution >= 4 is 35.3 Å². The molecule has 3 aromatic carbocycles. The lowest BCUT2D eigenvalue weighted by Gasteiger charge is -2.32. The van der Waals surface area contributed by atoms with Crippen LogP contribution in [0.1, 0.15) is 18.4 Å². The molecule has 1 aliphatic rings. The van der Waals surface area contributed by atoms with Crippen molar-refractivity contribution in [1.82, 2.24) is 20.5 Å². The number of urea groups is 2. The Hall–Kier alpha value is -6.05. The second-order valence-corrected chi connectivity index (χ2v) is 10.8. The zero-order chi connectivity index (χ0) is 33.9. The zero-order valence-electron chi connectivity index (χ0n) is 25.6. The Kier molecular flexibility index (Phi) is 11.1. The van der Waals surface area contributed by atoms with Gasteiger partial charge in [0.25, 0.3) is 5.91 Å². The number of rotatable bonds is 10. The van der Waals surface area contributed by atoms with Crippen molar-refractivity contribution in [2.45, 2.75) is 25.3 Å². The molecule has 4 N–H and O–H groups in total. The molecule has 2 heterocycles. The number of hydrogen-bond donors (Lipinski definition) is 4. The third-order valence-corrected chi connectivity index (χ3v) is 7.22. The van der Waals surface area contributed by atoms with E-state index in [1.165, 1.54) is 54.9 Å². The number of benzene rings is 3. The molecular weight excluding hydrogens is 626 g/mol. The van der Waals surface area contributed by atoms with Crippen LogP contribution in [0.25, 0.3) is 0 Å². The van der Waals surface area contributed by atoms with Gasteiger partial charge in [0.05, 0.1) is 12.6 Å². The van der Waals surface area contributed by atoms with Crippen molar-refractivity contribution in [1.29, 1.82) is 0 Å². The summed E-state index contributed by atoms with van der Waals surface area (Å²) in [7, 11) is 0. The van der Waals surface area contributed by atoms with Crippen molar-refractivity contribution in [2.24, 2.45) is 0 Å². The van der Waals surface area contributed by atoms with E-state index in [1.807, 2.05) is 18.2 Å². The molecule has 248 valence electrons. The number of para-hydroxylation sites is 1. The Labute approximate surface area is 274 Å². The minimum absolute atomic E-state index is 0.0542. The number of aromatic nitrogens is 1. The predicted molar refractivity (Wildman–Crippen MR) is 172 cm³/mol. The summed E-state index contributed by atoms with van der Waals surface area (Å²) >= 11 is 0. The van der Waals surface area contributed by atoms with Crippen LogP contribution < -0.4 is 30.7 Å². The monoisotopic (exact) mass is 658 g/mol. The smallest absolute Gasteiger partial charge is 0.325 e. The van der Waals surface area contributed by atoms with Crippen LogP contribution in [-0.2, 0) is 16.0 Å². The number of anilines is 2. The van der Waals surface area contributed by atoms with Crippen LogP contribution in [0.5, 0.6) is 17.2 Å². The van der Waals surface area contributed by atoms with E-state index in [-0.39, 0.29) is 47.9 Å². The molecule has 0 unspecified atom stereocenters. The van der Waals surface area contributed by atoms with Crippen LogP contribution >= 0.6 is 0 Å². The van der Waals surface area contributed by atoms with Crippen molar-refractivity contribution in [3.63, 3.8) is 0 Å². The fourth-order valence-electron chi connectivity index (χ4n) is 4.82. The average Bonchev–Trinajstić information content (AvgIpc) is 3.07. The molecule has 5 rings (SSSR count). The lowest BCUT2D eigenvalue weighted by atomic mass is 10.1. The zero-order valence-corrected chi connectivity index (χ0v) is 25.6. The van der Waals surface area contributed by atoms with Gasteiger partial charge in [0.2, 0.25) is 5.91 Å². The number of piperidine rings is 1. The SMILES string of the molecule is O=C(Cc1ccc(F)cc1)NC(=O)Nc1ccc(Oc2ccncc2NC(=O)N2CCC(NC(=O)COc3ccccc3)CC2)c(F)c1. The van der Waals surface area contributed by atoms with Gasteiger partial charge in [-0.15, -0.1) is 0 Å². The summed E-state index contributed by atoms with van der Waals surface area (Å²) in [6.45, 7) is 0.674. The molecule has 14 heteroatoms. The van der Waals surface area contributed by atoms with Gasteiger partial charge in [-0.1, -0.05) is 30.3 Å². The van der Waals surface area contributed by atoms with Crippen LogP contribution in [0.2, 0.25) is 0 Å². The molecule has 0 bridgehead atoms. The normalized spacial score (nSPS) is 12.8. The van der Waals surface area contributed by atoms with Crippen molar-refractivity contribution in [3.8, 4) is 17.2 Å². The van der Waals surface area contributed by atoms with E-state index >= 15 is 0 Å². The minimum atomic E-state index is -0.877. The van der Waals surface area contributed by atoms with Crippen LogP contribution in [0.4, 0.5) is 29.7 Å². The van der Waals surface area contributed by atoms with E-state index in [2.05, 4.69) is 26.3 Å². The summed E-state index contributed by atoms with van der Waals surface area (Å²) in [6.07, 6.45) is 3.73. The molecule has 12 nitrogen and oxygen atoms in total. The molecule has 0 spiro atoms. The molecule has 1 fully saturated rings. The lowest BCUT2D eigenvalue weighted by molar-refractivity contribution is -0.124. The van der Waals surface area contributed by atoms with Gasteiger partial charge in [0, 0.05) is 43.1 Å². The standard InChI is InChI=1S/C34H32F2N6O6/c35-23-8-6-22(7-9-23)18-31(43)41-33(45)39-25-10-11-29(27(36)19-25)48-30-12-15-37-20-28(30)40-34(46)42-16-13-24(14-17-42)38-32(44)21-47-26-4-2-1-3-5-26/h1-12,15,19-20,24H,13-14,16-18,21H2,(H,38,44)(H,40,46)(H2,39,41,43,45). The number of carbonyl (C=O) groups excluding carboxylic acids is 4. The summed E-state index contributed by atoms with van der Waals surface area (Å²) in [5.41, 5.74) is 0.771. The summed E-state index contributed by atoms with van der Waals surface area (Å²) < 4.78 is 39.2. The van der Waals surface area contributed by atoms with Crippen LogP contribution in [0.3, 0.4) is 0 Å². The number of hydrogen-bond acceptors (Lipinski definition) is 7. The van der Waals surface area contributed by atoms with Crippen LogP contribution in [0, 0.1) is 11.6 Å². The molecule has 1 aliphatic heterocycles. The van der Waals surface area contributed by atoms with Gasteiger partial charge in [-0.25, -0.2) is 18.4 Å². The van der Waals surface area contributed by atoms with E-state index in [0.717, 1.165) is 6.07 Å². The molecule has 1 aromatic heterocycles. The Morgan fingerprint density at radius 1 is 0.854 bits per heavy atom. The number of nitrogens with zero attached hydrogens (tertiary/aromatic N) is 2. The Morgan fingerprint density at radius 2 is 1.60 bits per heavy atom. The Bertz CT molecular complexity index is 1750. The topological polar surface area (TPSA) is 151 Å². The summed E-state index contributed by atoms with van der Waals surface area (Å²) in [6, 6.07) is 18.0. The molecule has 0 atom stereocenters. The van der Waals surface area contributed by atoms with Gasteiger partial charge in [-0.05, 0) is 54.8 Å². The van der Waals surface area contributed by atoms with Gasteiger partial charge in [-0.3, -0.25) is 19.9 Å². The van der Waals surface area contributed by atoms with Crippen molar-refractivity contribution in [2.75, 3.05) is 30.3 Å². The molecule has 0 aliphatic carbocycles. The number of likely N-dealkylation sites (tertiary alicyclic amines) is 1. The van der Waals surface area contributed by atoms with Gasteiger partial charge < -0.3 is 30.3 Å². The molecule has 0 radical (unpaired) electrons. The Balaban J connectivity index is 1.09. The van der Waals surface area contributed by atoms with E-state index in [0.29, 0.717) is 37.2 Å². The highest BCUT2D eigenvalue weighted by atomic mass is 19.1. The number of nitrogens with one attached hydrogen (secondary N) is 4. The molecular formula is C34H32F2N6O6. The second-order valence-electron chi connectivity index (χ2n) is 10.8. The minimum Gasteiger partial charge on any atom is -0.484 e. The van der Waals surface area contributed by atoms with Crippen LogP contribution in [-0.4, -0.2) is 59.5 Å². The third kappa shape index (κ3) is 9.72. The molecule has 4 aromatic rings. The summed E-state index contributed by atoms with van der Waals surface area (Å²) in [5.74, 6) is -1.61. The number of imide groups is 1. The van der Waals surface area contributed by atoms with Gasteiger partial charge in [-0.2, -0.15) is 0 Å². The highest BCUT2D eigenvalue weighted by molar-refractivity contribution is 6.01. The Morgan fingerprint density at radius 3 is 2.33 bits per heavy atom. The maximum absolute atomic E-state index is 15.0. The maximum Gasteiger partial charge on any atom is 0.325 e. The first kappa shape index (κ1) is 33.3. The van der Waals surface area contributed by atoms with Gasteiger partial charge in [0.15, 0.2) is 23.9 Å². The number of pyridine rings is 1. The molecule has 0 saturated carbocycles. The van der Waals surface area contributed by atoms with E-state index in [1.54, 1.807) is 17.0 Å². The van der Waals surface area contributed by atoms with Crippen LogP contribution in [0.15, 0.2) is 91.3 Å². The highest BCUT2D eigenvalue weighted by Crippen LogP contribution is 2.31. The van der Waals surface area contributed by atoms with E-state index < -0.39 is 29.6 Å². The summed E-state index contributed by atoms with van der Waals surface area (Å²) in [4.78, 5) is 55.3. The van der Waals surface area contributed by atoms with Gasteiger partial charge >= 0.3 is 12.1 Å². The van der Waals surface area contributed by atoms with E-state index in [4.69, 9.17) is 9.47 Å². The number of carbonyl (C=O) groups is 4. The highest BCUT2D eigenvalue weighted by Gasteiger charge is 2.25. The third-order valence-electron chi connectivity index (χ3n) is 7.22. The predicted octanol–water partition coefficient (Wildman–Crippen LogP) is 5.23. The van der Waals surface area contributed by atoms with Gasteiger partial charge in [0.1, 0.15) is 17.3 Å².